The summed E-state index contributed by atoms with van der Waals surface area (Å²) in [5.41, 5.74) is 0.644. The number of nitrogens with zero attached hydrogens (tertiary/aromatic N) is 2. The number of nitrogens with one attached hydrogen (secondary N) is 1. The van der Waals surface area contributed by atoms with Gasteiger partial charge in [-0.25, -0.2) is 8.42 Å². The predicted octanol–water partition coefficient (Wildman–Crippen LogP) is 3.55. The van der Waals surface area contributed by atoms with Crippen LogP contribution in [0.5, 0.6) is 0 Å². The summed E-state index contributed by atoms with van der Waals surface area (Å²) in [5, 5.41) is 7.05. The molecule has 30 heavy (non-hydrogen) atoms. The lowest BCUT2D eigenvalue weighted by atomic mass is 9.89. The van der Waals surface area contributed by atoms with Crippen LogP contribution in [0.15, 0.2) is 45.8 Å². The number of hydrogen-bond acceptors (Lipinski definition) is 5. The molecule has 2 aliphatic rings. The molecule has 1 amide bonds. The Morgan fingerprint density at radius 2 is 1.87 bits per heavy atom. The average molecular weight is 432 g/mol. The van der Waals surface area contributed by atoms with Crippen molar-refractivity contribution in [3.8, 4) is 0 Å². The van der Waals surface area contributed by atoms with E-state index in [1.165, 1.54) is 23.6 Å². The molecule has 2 aromatic rings. The summed E-state index contributed by atoms with van der Waals surface area (Å²) < 4.78 is 32.7. The minimum absolute atomic E-state index is 0.0825. The average Bonchev–Trinajstić information content (AvgIpc) is 3.29. The summed E-state index contributed by atoms with van der Waals surface area (Å²) in [4.78, 5) is 12.7. The van der Waals surface area contributed by atoms with Crippen molar-refractivity contribution in [2.24, 2.45) is 5.92 Å². The van der Waals surface area contributed by atoms with Gasteiger partial charge in [-0.05, 0) is 43.7 Å². The van der Waals surface area contributed by atoms with Crippen molar-refractivity contribution in [2.75, 3.05) is 19.6 Å². The molecule has 2 fully saturated rings. The van der Waals surface area contributed by atoms with E-state index >= 15 is 0 Å². The number of carbonyl (C=O) groups is 1. The molecule has 2 heterocycles. The second-order valence-electron chi connectivity index (χ2n) is 8.35. The van der Waals surface area contributed by atoms with Gasteiger partial charge in [-0.2, -0.15) is 4.31 Å². The van der Waals surface area contributed by atoms with E-state index in [0.29, 0.717) is 36.1 Å². The zero-order chi connectivity index (χ0) is 21.0. The molecular weight excluding hydrogens is 402 g/mol. The third kappa shape index (κ3) is 4.75. The maximum atomic E-state index is 12.9. The highest BCUT2D eigenvalue weighted by Crippen LogP contribution is 2.30. The van der Waals surface area contributed by atoms with E-state index in [9.17, 15) is 13.2 Å². The van der Waals surface area contributed by atoms with Gasteiger partial charge in [0, 0.05) is 31.6 Å². The summed E-state index contributed by atoms with van der Waals surface area (Å²) in [6.45, 7) is 1.49. The van der Waals surface area contributed by atoms with Crippen molar-refractivity contribution in [1.29, 1.82) is 0 Å². The molecule has 1 saturated heterocycles. The van der Waals surface area contributed by atoms with Crippen LogP contribution in [0.3, 0.4) is 0 Å². The summed E-state index contributed by atoms with van der Waals surface area (Å²) in [6, 6.07) is 10.1. The first-order valence-electron chi connectivity index (χ1n) is 10.8. The first-order chi connectivity index (χ1) is 14.5. The lowest BCUT2D eigenvalue weighted by molar-refractivity contribution is 0.0906. The van der Waals surface area contributed by atoms with Crippen molar-refractivity contribution in [3.63, 3.8) is 0 Å². The van der Waals surface area contributed by atoms with Crippen molar-refractivity contribution < 1.29 is 17.7 Å². The van der Waals surface area contributed by atoms with Gasteiger partial charge in [0.1, 0.15) is 0 Å². The number of rotatable bonds is 6. The Morgan fingerprint density at radius 3 is 2.63 bits per heavy atom. The van der Waals surface area contributed by atoms with Crippen LogP contribution in [0, 0.1) is 5.92 Å². The molecule has 8 heteroatoms. The van der Waals surface area contributed by atoms with Crippen LogP contribution in [-0.2, 0) is 10.0 Å². The van der Waals surface area contributed by atoms with Gasteiger partial charge >= 0.3 is 0 Å². The van der Waals surface area contributed by atoms with Crippen LogP contribution in [-0.4, -0.2) is 43.4 Å². The molecule has 1 unspecified atom stereocenters. The van der Waals surface area contributed by atoms with Crippen molar-refractivity contribution in [1.82, 2.24) is 14.8 Å². The SMILES string of the molecule is O=C(NCC1CCCCC1)c1cc(C2CCCN(S(=O)(=O)c3ccccc3)C2)no1. The number of amides is 1. The zero-order valence-electron chi connectivity index (χ0n) is 17.1. The fourth-order valence-corrected chi connectivity index (χ4v) is 5.99. The molecule has 0 radical (unpaired) electrons. The summed E-state index contributed by atoms with van der Waals surface area (Å²) in [5.74, 6) is 0.411. The third-order valence-corrected chi connectivity index (χ3v) is 8.09. The van der Waals surface area contributed by atoms with E-state index in [-0.39, 0.29) is 17.6 Å². The van der Waals surface area contributed by atoms with Crippen LogP contribution >= 0.6 is 0 Å². The lowest BCUT2D eigenvalue weighted by Crippen LogP contribution is -2.39. The van der Waals surface area contributed by atoms with E-state index in [0.717, 1.165) is 25.7 Å². The minimum atomic E-state index is -3.54. The number of piperidine rings is 1. The molecular formula is C22H29N3O4S. The van der Waals surface area contributed by atoms with Gasteiger partial charge in [-0.1, -0.05) is 42.6 Å². The number of carbonyl (C=O) groups excluding carboxylic acids is 1. The van der Waals surface area contributed by atoms with Crippen LogP contribution in [0.4, 0.5) is 0 Å². The molecule has 1 N–H and O–H groups in total. The van der Waals surface area contributed by atoms with Crippen LogP contribution in [0.25, 0.3) is 0 Å². The summed E-state index contributed by atoms with van der Waals surface area (Å²) in [6.07, 6.45) is 7.64. The molecule has 0 bridgehead atoms. The fraction of sp³-hybridized carbons (Fsp3) is 0.545. The Hall–Kier alpha value is -2.19. The Bertz CT molecular complexity index is 952. The number of sulfonamides is 1. The molecule has 1 atom stereocenters. The summed E-state index contributed by atoms with van der Waals surface area (Å²) >= 11 is 0. The molecule has 1 aliphatic carbocycles. The zero-order valence-corrected chi connectivity index (χ0v) is 17.9. The fourth-order valence-electron chi connectivity index (χ4n) is 4.45. The van der Waals surface area contributed by atoms with E-state index in [4.69, 9.17) is 4.52 Å². The molecule has 1 aliphatic heterocycles. The highest BCUT2D eigenvalue weighted by Gasteiger charge is 2.32. The van der Waals surface area contributed by atoms with Gasteiger partial charge in [-0.15, -0.1) is 0 Å². The van der Waals surface area contributed by atoms with Gasteiger partial charge in [-0.3, -0.25) is 4.79 Å². The summed E-state index contributed by atoms with van der Waals surface area (Å²) in [7, 11) is -3.54. The highest BCUT2D eigenvalue weighted by atomic mass is 32.2. The van der Waals surface area contributed by atoms with Crippen LogP contribution < -0.4 is 5.32 Å². The second-order valence-corrected chi connectivity index (χ2v) is 10.3. The Balaban J connectivity index is 1.38. The Kier molecular flexibility index (Phi) is 6.53. The van der Waals surface area contributed by atoms with E-state index in [2.05, 4.69) is 10.5 Å². The number of hydrogen-bond donors (Lipinski definition) is 1. The van der Waals surface area contributed by atoms with Gasteiger partial charge in [0.15, 0.2) is 0 Å². The number of aromatic nitrogens is 1. The van der Waals surface area contributed by atoms with Crippen molar-refractivity contribution >= 4 is 15.9 Å². The first kappa shape index (κ1) is 21.1. The molecule has 7 nitrogen and oxygen atoms in total. The predicted molar refractivity (Wildman–Crippen MR) is 113 cm³/mol. The van der Waals surface area contributed by atoms with Gasteiger partial charge < -0.3 is 9.84 Å². The molecule has 0 spiro atoms. The molecule has 1 aromatic carbocycles. The maximum absolute atomic E-state index is 12.9. The van der Waals surface area contributed by atoms with Gasteiger partial charge in [0.05, 0.1) is 10.6 Å². The highest BCUT2D eigenvalue weighted by molar-refractivity contribution is 7.89. The van der Waals surface area contributed by atoms with Gasteiger partial charge in [0.25, 0.3) is 5.91 Å². The molecule has 162 valence electrons. The standard InChI is InChI=1S/C22H29N3O4S/c26-22(23-15-17-8-3-1-4-9-17)21-14-20(24-29-21)18-10-7-13-25(16-18)30(27,28)19-11-5-2-6-12-19/h2,5-6,11-12,14,17-18H,1,3-4,7-10,13,15-16H2,(H,23,26). The normalized spacial score (nSPS) is 21.4. The van der Waals surface area contributed by atoms with E-state index in [1.807, 2.05) is 0 Å². The second kappa shape index (κ2) is 9.31. The van der Waals surface area contributed by atoms with Crippen molar-refractivity contribution in [3.05, 3.63) is 47.9 Å². The smallest absolute Gasteiger partial charge is 0.289 e. The van der Waals surface area contributed by atoms with Crippen molar-refractivity contribution in [2.45, 2.75) is 55.8 Å². The van der Waals surface area contributed by atoms with Crippen LogP contribution in [0.2, 0.25) is 0 Å². The Morgan fingerprint density at radius 1 is 1.10 bits per heavy atom. The topological polar surface area (TPSA) is 92.5 Å². The monoisotopic (exact) mass is 431 g/mol. The molecule has 1 saturated carbocycles. The first-order valence-corrected chi connectivity index (χ1v) is 12.3. The van der Waals surface area contributed by atoms with Crippen LogP contribution in [0.1, 0.15) is 67.1 Å². The quantitative estimate of drug-likeness (QED) is 0.755. The maximum Gasteiger partial charge on any atom is 0.289 e. The Labute approximate surface area is 177 Å². The van der Waals surface area contributed by atoms with E-state index in [1.54, 1.807) is 36.4 Å². The number of benzene rings is 1. The largest absolute Gasteiger partial charge is 0.351 e. The van der Waals surface area contributed by atoms with Gasteiger partial charge in [0.2, 0.25) is 15.8 Å². The lowest BCUT2D eigenvalue weighted by Gasteiger charge is -2.30. The van der Waals surface area contributed by atoms with E-state index < -0.39 is 10.0 Å². The molecule has 4 rings (SSSR count). The third-order valence-electron chi connectivity index (χ3n) is 6.21. The molecule has 1 aromatic heterocycles. The minimum Gasteiger partial charge on any atom is -0.351 e.